The topological polar surface area (TPSA) is 91.0 Å². The van der Waals surface area contributed by atoms with Gasteiger partial charge in [-0.15, -0.1) is 5.10 Å². The molecule has 0 unspecified atom stereocenters. The van der Waals surface area contributed by atoms with Crippen LogP contribution in [0.3, 0.4) is 0 Å². The van der Waals surface area contributed by atoms with Crippen molar-refractivity contribution >= 4 is 5.78 Å². The maximum Gasteiger partial charge on any atom is 0.264 e. The van der Waals surface area contributed by atoms with Gasteiger partial charge in [0.25, 0.3) is 5.89 Å². The molecule has 0 bridgehead atoms. The van der Waals surface area contributed by atoms with Gasteiger partial charge in [-0.2, -0.15) is 10.1 Å². The highest BCUT2D eigenvalue weighted by atomic mass is 16.5. The molecule has 24 heavy (non-hydrogen) atoms. The maximum absolute atomic E-state index is 11.6. The Labute approximate surface area is 138 Å². The standard InChI is InChI=1S/C17H16N4O3/c1-3-15(22)12-5-7-13(8-6-12)23-10-16-18-17(21-24-16)14-9-4-11(2)19-20-14/h4-9H,3,10H2,1-2H3. The van der Waals surface area contributed by atoms with Crippen LogP contribution in [-0.2, 0) is 6.61 Å². The quantitative estimate of drug-likeness (QED) is 0.644. The molecule has 0 aliphatic carbocycles. The Hall–Kier alpha value is -3.09. The molecule has 3 rings (SSSR count). The van der Waals surface area contributed by atoms with Gasteiger partial charge in [0, 0.05) is 12.0 Å². The average molecular weight is 324 g/mol. The Kier molecular flexibility index (Phi) is 4.60. The summed E-state index contributed by atoms with van der Waals surface area (Å²) < 4.78 is 10.7. The molecule has 7 heteroatoms. The fourth-order valence-electron chi connectivity index (χ4n) is 2.02. The van der Waals surface area contributed by atoms with E-state index < -0.39 is 0 Å². The lowest BCUT2D eigenvalue weighted by Gasteiger charge is -2.04. The summed E-state index contributed by atoms with van der Waals surface area (Å²) in [5.74, 6) is 1.42. The van der Waals surface area contributed by atoms with E-state index in [-0.39, 0.29) is 12.4 Å². The van der Waals surface area contributed by atoms with Crippen LogP contribution in [0.5, 0.6) is 5.75 Å². The van der Waals surface area contributed by atoms with E-state index in [0.29, 0.717) is 35.1 Å². The first kappa shape index (κ1) is 15.8. The van der Waals surface area contributed by atoms with Crippen LogP contribution in [0.4, 0.5) is 0 Å². The highest BCUT2D eigenvalue weighted by Crippen LogP contribution is 2.16. The van der Waals surface area contributed by atoms with Gasteiger partial charge >= 0.3 is 0 Å². The molecule has 0 spiro atoms. The third-order valence-corrected chi connectivity index (χ3v) is 3.35. The molecule has 0 N–H and O–H groups in total. The molecule has 0 atom stereocenters. The van der Waals surface area contributed by atoms with E-state index in [2.05, 4.69) is 20.3 Å². The first-order valence-corrected chi connectivity index (χ1v) is 7.55. The summed E-state index contributed by atoms with van der Waals surface area (Å²) >= 11 is 0. The molecule has 0 aliphatic rings. The van der Waals surface area contributed by atoms with Crippen LogP contribution in [0.1, 0.15) is 35.3 Å². The minimum Gasteiger partial charge on any atom is -0.484 e. The van der Waals surface area contributed by atoms with Gasteiger partial charge in [-0.25, -0.2) is 0 Å². The zero-order valence-corrected chi connectivity index (χ0v) is 13.4. The van der Waals surface area contributed by atoms with Crippen molar-refractivity contribution in [2.45, 2.75) is 26.9 Å². The number of hydrogen-bond donors (Lipinski definition) is 0. The Morgan fingerprint density at radius 3 is 2.58 bits per heavy atom. The van der Waals surface area contributed by atoms with Crippen molar-refractivity contribution in [2.75, 3.05) is 0 Å². The molecule has 0 saturated carbocycles. The lowest BCUT2D eigenvalue weighted by atomic mass is 10.1. The number of Topliss-reactive ketones (excluding diaryl/α,β-unsaturated/α-hetero) is 1. The molecule has 122 valence electrons. The van der Waals surface area contributed by atoms with Crippen LogP contribution < -0.4 is 4.74 Å². The second-order valence-corrected chi connectivity index (χ2v) is 5.16. The van der Waals surface area contributed by atoms with E-state index in [9.17, 15) is 4.79 Å². The highest BCUT2D eigenvalue weighted by molar-refractivity contribution is 5.95. The summed E-state index contributed by atoms with van der Waals surface area (Å²) in [7, 11) is 0. The van der Waals surface area contributed by atoms with E-state index in [1.807, 2.05) is 19.9 Å². The monoisotopic (exact) mass is 324 g/mol. The third kappa shape index (κ3) is 3.62. The largest absolute Gasteiger partial charge is 0.484 e. The van der Waals surface area contributed by atoms with Crippen molar-refractivity contribution in [3.63, 3.8) is 0 Å². The van der Waals surface area contributed by atoms with Crippen molar-refractivity contribution < 1.29 is 14.1 Å². The molecule has 0 radical (unpaired) electrons. The number of ketones is 1. The van der Waals surface area contributed by atoms with Crippen molar-refractivity contribution in [3.8, 4) is 17.3 Å². The molecule has 3 aromatic rings. The summed E-state index contributed by atoms with van der Waals surface area (Å²) in [5, 5.41) is 11.8. The van der Waals surface area contributed by atoms with E-state index >= 15 is 0 Å². The number of rotatable bonds is 6. The first-order chi connectivity index (χ1) is 11.7. The maximum atomic E-state index is 11.6. The number of aryl methyl sites for hydroxylation is 1. The highest BCUT2D eigenvalue weighted by Gasteiger charge is 2.11. The predicted molar refractivity (Wildman–Crippen MR) is 85.5 cm³/mol. The predicted octanol–water partition coefficient (Wildman–Crippen LogP) is 3.01. The molecule has 7 nitrogen and oxygen atoms in total. The van der Waals surface area contributed by atoms with Crippen molar-refractivity contribution in [3.05, 3.63) is 53.5 Å². The van der Waals surface area contributed by atoms with E-state index in [4.69, 9.17) is 9.26 Å². The number of benzene rings is 1. The zero-order chi connectivity index (χ0) is 16.9. The van der Waals surface area contributed by atoms with Crippen LogP contribution in [0.25, 0.3) is 11.5 Å². The lowest BCUT2D eigenvalue weighted by molar-refractivity contribution is 0.0988. The Morgan fingerprint density at radius 2 is 1.92 bits per heavy atom. The van der Waals surface area contributed by atoms with Crippen molar-refractivity contribution in [2.24, 2.45) is 0 Å². The van der Waals surface area contributed by atoms with Crippen LogP contribution >= 0.6 is 0 Å². The molecule has 0 aliphatic heterocycles. The summed E-state index contributed by atoms with van der Waals surface area (Å²) in [5.41, 5.74) is 2.02. The van der Waals surface area contributed by atoms with Gasteiger partial charge < -0.3 is 9.26 Å². The van der Waals surface area contributed by atoms with Gasteiger partial charge in [0.15, 0.2) is 12.4 Å². The molecule has 0 amide bonds. The molecular weight excluding hydrogens is 308 g/mol. The zero-order valence-electron chi connectivity index (χ0n) is 13.4. The SMILES string of the molecule is CCC(=O)c1ccc(OCc2nc(-c3ccc(C)nn3)no2)cc1. The normalized spacial score (nSPS) is 10.6. The molecule has 2 aromatic heterocycles. The fraction of sp³-hybridized carbons (Fsp3) is 0.235. The number of ether oxygens (including phenoxy) is 1. The molecule has 0 saturated heterocycles. The van der Waals surface area contributed by atoms with Crippen LogP contribution in [0.15, 0.2) is 40.9 Å². The Bertz CT molecular complexity index is 826. The van der Waals surface area contributed by atoms with Crippen LogP contribution in [0, 0.1) is 6.92 Å². The average Bonchev–Trinajstić information content (AvgIpc) is 3.09. The molecule has 0 fully saturated rings. The molecule has 2 heterocycles. The summed E-state index contributed by atoms with van der Waals surface area (Å²) in [4.78, 5) is 15.8. The summed E-state index contributed by atoms with van der Waals surface area (Å²) in [6.45, 7) is 3.82. The summed E-state index contributed by atoms with van der Waals surface area (Å²) in [6, 6.07) is 10.6. The van der Waals surface area contributed by atoms with E-state index in [1.165, 1.54) is 0 Å². The minimum absolute atomic E-state index is 0.0994. The number of hydrogen-bond acceptors (Lipinski definition) is 7. The van der Waals surface area contributed by atoms with E-state index in [1.54, 1.807) is 30.3 Å². The minimum atomic E-state index is 0.0994. The Balaban J connectivity index is 1.63. The second-order valence-electron chi connectivity index (χ2n) is 5.16. The Morgan fingerprint density at radius 1 is 1.12 bits per heavy atom. The second kappa shape index (κ2) is 6.99. The fourth-order valence-corrected chi connectivity index (χ4v) is 2.02. The molecule has 1 aromatic carbocycles. The number of aromatic nitrogens is 4. The van der Waals surface area contributed by atoms with Gasteiger partial charge in [-0.05, 0) is 43.3 Å². The summed E-state index contributed by atoms with van der Waals surface area (Å²) in [6.07, 6.45) is 0.479. The van der Waals surface area contributed by atoms with Crippen LogP contribution in [-0.4, -0.2) is 26.1 Å². The van der Waals surface area contributed by atoms with Gasteiger partial charge in [-0.1, -0.05) is 12.1 Å². The molecular formula is C17H16N4O3. The first-order valence-electron chi connectivity index (χ1n) is 7.55. The van der Waals surface area contributed by atoms with Crippen molar-refractivity contribution in [1.29, 1.82) is 0 Å². The van der Waals surface area contributed by atoms with Gasteiger partial charge in [-0.3, -0.25) is 4.79 Å². The van der Waals surface area contributed by atoms with Crippen molar-refractivity contribution in [1.82, 2.24) is 20.3 Å². The number of carbonyl (C=O) groups is 1. The third-order valence-electron chi connectivity index (χ3n) is 3.35. The van der Waals surface area contributed by atoms with Gasteiger partial charge in [0.05, 0.1) is 5.69 Å². The van der Waals surface area contributed by atoms with Crippen LogP contribution in [0.2, 0.25) is 0 Å². The number of carbonyl (C=O) groups excluding carboxylic acids is 1. The van der Waals surface area contributed by atoms with Gasteiger partial charge in [0.2, 0.25) is 5.82 Å². The lowest BCUT2D eigenvalue weighted by Crippen LogP contribution is -1.98. The number of nitrogens with zero attached hydrogens (tertiary/aromatic N) is 4. The van der Waals surface area contributed by atoms with Gasteiger partial charge in [0.1, 0.15) is 11.4 Å². The smallest absolute Gasteiger partial charge is 0.264 e. The van der Waals surface area contributed by atoms with E-state index in [0.717, 1.165) is 5.69 Å².